The number of nitrogens with one attached hydrogen (secondary N) is 3. The Kier molecular flexibility index (Phi) is 10.2. The average molecular weight is 573 g/mol. The second-order valence-corrected chi connectivity index (χ2v) is 8.47. The third kappa shape index (κ3) is 8.12. The Morgan fingerprint density at radius 1 is 0.968 bits per heavy atom. The summed E-state index contributed by atoms with van der Waals surface area (Å²) in [6.45, 7) is 4.43. The van der Waals surface area contributed by atoms with Crippen LogP contribution in [-0.2, 0) is 11.2 Å². The van der Waals surface area contributed by atoms with Gasteiger partial charge >= 0.3 is 0 Å². The number of rotatable bonds is 8. The number of aryl methyl sites for hydroxylation is 1. The van der Waals surface area contributed by atoms with Crippen LogP contribution >= 0.6 is 44.1 Å². The molecule has 0 bridgehead atoms. The number of ether oxygens (including phenoxy) is 2. The highest BCUT2D eigenvalue weighted by Gasteiger charge is 2.12. The maximum atomic E-state index is 12.3. The molecule has 0 heterocycles. The van der Waals surface area contributed by atoms with Crippen molar-refractivity contribution in [3.63, 3.8) is 0 Å². The Balaban J connectivity index is 1.78. The maximum absolute atomic E-state index is 12.3. The molecule has 2 aromatic rings. The number of hydrogen-bond donors (Lipinski definition) is 3. The van der Waals surface area contributed by atoms with Crippen molar-refractivity contribution < 1.29 is 19.1 Å². The number of halogens is 2. The van der Waals surface area contributed by atoms with Crippen molar-refractivity contribution in [3.8, 4) is 11.5 Å². The van der Waals surface area contributed by atoms with E-state index in [1.807, 2.05) is 19.1 Å². The molecular weight excluding hydrogens is 550 g/mol. The highest BCUT2D eigenvalue weighted by Crippen LogP contribution is 2.27. The molecule has 7 nitrogen and oxygen atoms in total. The number of benzene rings is 2. The van der Waals surface area contributed by atoms with Crippen molar-refractivity contribution >= 4 is 61.0 Å². The molecule has 0 aliphatic rings. The molecule has 0 saturated heterocycles. The van der Waals surface area contributed by atoms with E-state index in [-0.39, 0.29) is 11.7 Å². The van der Waals surface area contributed by atoms with Gasteiger partial charge in [0.2, 0.25) is 0 Å². The van der Waals surface area contributed by atoms with Crippen LogP contribution in [0.4, 0.5) is 0 Å². The molecule has 0 atom stereocenters. The van der Waals surface area contributed by atoms with Crippen LogP contribution in [0.3, 0.4) is 0 Å². The van der Waals surface area contributed by atoms with E-state index in [1.165, 1.54) is 0 Å². The van der Waals surface area contributed by atoms with E-state index in [2.05, 4.69) is 55.0 Å². The molecule has 10 heteroatoms. The Hall–Kier alpha value is -2.17. The number of amides is 2. The summed E-state index contributed by atoms with van der Waals surface area (Å²) in [4.78, 5) is 24.3. The van der Waals surface area contributed by atoms with Crippen molar-refractivity contribution in [3.05, 3.63) is 56.5 Å². The zero-order chi connectivity index (χ0) is 22.8. The highest BCUT2D eigenvalue weighted by molar-refractivity contribution is 9.10. The normalized spacial score (nSPS) is 10.2. The van der Waals surface area contributed by atoms with E-state index in [1.54, 1.807) is 24.3 Å². The molecule has 2 aromatic carbocycles. The first-order valence-corrected chi connectivity index (χ1v) is 11.6. The van der Waals surface area contributed by atoms with E-state index >= 15 is 0 Å². The van der Waals surface area contributed by atoms with Gasteiger partial charge in [-0.05, 0) is 92.8 Å². The zero-order valence-corrected chi connectivity index (χ0v) is 21.1. The van der Waals surface area contributed by atoms with Crippen molar-refractivity contribution in [2.24, 2.45) is 0 Å². The number of carbonyl (C=O) groups is 2. The minimum atomic E-state index is -0.455. The number of hydrazine groups is 1. The van der Waals surface area contributed by atoms with E-state index < -0.39 is 11.8 Å². The summed E-state index contributed by atoms with van der Waals surface area (Å²) < 4.78 is 12.5. The van der Waals surface area contributed by atoms with E-state index in [9.17, 15) is 9.59 Å². The van der Waals surface area contributed by atoms with Crippen LogP contribution < -0.4 is 25.6 Å². The van der Waals surface area contributed by atoms with Crippen LogP contribution in [0.2, 0.25) is 0 Å². The predicted octanol–water partition coefficient (Wildman–Crippen LogP) is 4.28. The number of carbonyl (C=O) groups excluding carboxylic acids is 2. The van der Waals surface area contributed by atoms with Gasteiger partial charge in [-0.15, -0.1) is 0 Å². The van der Waals surface area contributed by atoms with Crippen LogP contribution in [0, 0.1) is 0 Å². The Morgan fingerprint density at radius 2 is 1.65 bits per heavy atom. The van der Waals surface area contributed by atoms with Crippen LogP contribution in [-0.4, -0.2) is 30.1 Å². The molecule has 2 rings (SSSR count). The molecule has 0 saturated carbocycles. The fourth-order valence-electron chi connectivity index (χ4n) is 2.36. The lowest BCUT2D eigenvalue weighted by Crippen LogP contribution is -2.49. The molecule has 0 unspecified atom stereocenters. The smallest absolute Gasteiger partial charge is 0.276 e. The summed E-state index contributed by atoms with van der Waals surface area (Å²) in [5.41, 5.74) is 6.40. The molecular formula is C21H23Br2N3O4S. The summed E-state index contributed by atoms with van der Waals surface area (Å²) in [7, 11) is 0. The van der Waals surface area contributed by atoms with Crippen molar-refractivity contribution in [2.75, 3.05) is 13.2 Å². The second-order valence-electron chi connectivity index (χ2n) is 6.36. The average Bonchev–Trinajstić information content (AvgIpc) is 2.75. The van der Waals surface area contributed by atoms with Crippen LogP contribution in [0.5, 0.6) is 11.5 Å². The Morgan fingerprint density at radius 3 is 2.29 bits per heavy atom. The van der Waals surface area contributed by atoms with Gasteiger partial charge in [-0.1, -0.05) is 19.9 Å². The standard InChI is InChI=1S/C21H23Br2N3O4S/c1-3-9-29-17-8-6-14(11-16(17)23)20(28)24-21(31)26-25-19(27)12-30-18-7-5-13(4-2)10-15(18)22/h5-8,10-11H,3-4,9,12H2,1-2H3,(H,25,27)(H2,24,26,28,31). The highest BCUT2D eigenvalue weighted by atomic mass is 79.9. The first kappa shape index (κ1) is 25.1. The molecule has 0 aliphatic carbocycles. The Bertz CT molecular complexity index is 956. The molecule has 31 heavy (non-hydrogen) atoms. The fraction of sp³-hybridized carbons (Fsp3) is 0.286. The number of hydrogen-bond acceptors (Lipinski definition) is 5. The predicted molar refractivity (Wildman–Crippen MR) is 130 cm³/mol. The van der Waals surface area contributed by atoms with Gasteiger partial charge in [0.25, 0.3) is 11.8 Å². The first-order valence-electron chi connectivity index (χ1n) is 9.57. The van der Waals surface area contributed by atoms with Gasteiger partial charge in [0.05, 0.1) is 15.6 Å². The topological polar surface area (TPSA) is 88.7 Å². The van der Waals surface area contributed by atoms with Crippen molar-refractivity contribution in [1.29, 1.82) is 0 Å². The SMILES string of the molecule is CCCOc1ccc(C(=O)NC(=S)NNC(=O)COc2ccc(CC)cc2Br)cc1Br. The molecule has 0 aliphatic heterocycles. The largest absolute Gasteiger partial charge is 0.492 e. The van der Waals surface area contributed by atoms with E-state index in [0.717, 1.165) is 22.9 Å². The van der Waals surface area contributed by atoms with Gasteiger partial charge in [-0.2, -0.15) is 0 Å². The molecule has 0 spiro atoms. The van der Waals surface area contributed by atoms with E-state index in [0.29, 0.717) is 28.1 Å². The van der Waals surface area contributed by atoms with Gasteiger partial charge in [0, 0.05) is 5.56 Å². The van der Waals surface area contributed by atoms with Crippen LogP contribution in [0.1, 0.15) is 36.2 Å². The summed E-state index contributed by atoms with van der Waals surface area (Å²) in [5.74, 6) is 0.330. The lowest BCUT2D eigenvalue weighted by Gasteiger charge is -2.13. The van der Waals surface area contributed by atoms with Crippen LogP contribution in [0.25, 0.3) is 0 Å². The van der Waals surface area contributed by atoms with Crippen molar-refractivity contribution in [2.45, 2.75) is 26.7 Å². The van der Waals surface area contributed by atoms with E-state index in [4.69, 9.17) is 21.7 Å². The minimum absolute atomic E-state index is 0.0470. The quantitative estimate of drug-likeness (QED) is 0.323. The molecule has 2 amide bonds. The Labute approximate surface area is 203 Å². The van der Waals surface area contributed by atoms with Crippen molar-refractivity contribution in [1.82, 2.24) is 16.2 Å². The minimum Gasteiger partial charge on any atom is -0.492 e. The lowest BCUT2D eigenvalue weighted by molar-refractivity contribution is -0.123. The molecule has 3 N–H and O–H groups in total. The zero-order valence-electron chi connectivity index (χ0n) is 17.1. The second kappa shape index (κ2) is 12.6. The van der Waals surface area contributed by atoms with Gasteiger partial charge in [-0.25, -0.2) is 0 Å². The van der Waals surface area contributed by atoms with Gasteiger partial charge < -0.3 is 9.47 Å². The maximum Gasteiger partial charge on any atom is 0.276 e. The summed E-state index contributed by atoms with van der Waals surface area (Å²) in [6.07, 6.45) is 1.79. The lowest BCUT2D eigenvalue weighted by atomic mass is 10.2. The molecule has 0 fully saturated rings. The van der Waals surface area contributed by atoms with Crippen LogP contribution in [0.15, 0.2) is 45.3 Å². The third-order valence-corrected chi connectivity index (χ3v) is 5.41. The molecule has 166 valence electrons. The summed E-state index contributed by atoms with van der Waals surface area (Å²) in [5, 5.41) is 2.45. The summed E-state index contributed by atoms with van der Waals surface area (Å²) >= 11 is 11.9. The third-order valence-electron chi connectivity index (χ3n) is 3.96. The first-order chi connectivity index (χ1) is 14.8. The number of thiocarbonyl (C=S) groups is 1. The fourth-order valence-corrected chi connectivity index (χ4v) is 3.54. The van der Waals surface area contributed by atoms with Gasteiger partial charge in [0.1, 0.15) is 11.5 Å². The monoisotopic (exact) mass is 571 g/mol. The molecule has 0 radical (unpaired) electrons. The summed E-state index contributed by atoms with van der Waals surface area (Å²) in [6, 6.07) is 10.6. The van der Waals surface area contributed by atoms with Gasteiger partial charge in [-0.3, -0.25) is 25.8 Å². The van der Waals surface area contributed by atoms with Gasteiger partial charge in [0.15, 0.2) is 11.7 Å². The molecule has 0 aromatic heterocycles.